The summed E-state index contributed by atoms with van der Waals surface area (Å²) in [6, 6.07) is 1.63. The summed E-state index contributed by atoms with van der Waals surface area (Å²) in [6.07, 6.45) is 4.51. The smallest absolute Gasteiger partial charge is 0.326 e. The van der Waals surface area contributed by atoms with Gasteiger partial charge in [0.25, 0.3) is 0 Å². The highest BCUT2D eigenvalue weighted by atomic mass is 32.2. The fourth-order valence-corrected chi connectivity index (χ4v) is 8.91. The Balaban J connectivity index is 1.63. The molecule has 11 atom stereocenters. The Labute approximate surface area is 472 Å². The van der Waals surface area contributed by atoms with Crippen molar-refractivity contribution in [2.45, 2.75) is 169 Å². The summed E-state index contributed by atoms with van der Waals surface area (Å²) < 4.78 is 0. The molecule has 80 heavy (non-hydrogen) atoms. The molecule has 3 aromatic rings. The second-order valence-corrected chi connectivity index (χ2v) is 22.5. The van der Waals surface area contributed by atoms with Crippen molar-refractivity contribution in [3.63, 3.8) is 0 Å². The van der Waals surface area contributed by atoms with Crippen LogP contribution >= 0.6 is 11.8 Å². The maximum Gasteiger partial charge on any atom is 0.326 e. The number of nitrogens with two attached hydrogens (primary N) is 1. The van der Waals surface area contributed by atoms with Crippen molar-refractivity contribution in [1.82, 2.24) is 52.8 Å². The molecule has 2 aromatic carbocycles. The van der Waals surface area contributed by atoms with Gasteiger partial charge in [-0.25, -0.2) is 4.79 Å². The van der Waals surface area contributed by atoms with Crippen molar-refractivity contribution >= 4 is 81.8 Å². The van der Waals surface area contributed by atoms with Crippen molar-refractivity contribution in [3.8, 4) is 5.75 Å². The van der Waals surface area contributed by atoms with Crippen molar-refractivity contribution in [3.05, 3.63) is 65.9 Å². The van der Waals surface area contributed by atoms with E-state index < -0.39 is 131 Å². The third kappa shape index (κ3) is 20.8. The number of carbonyl (C=O) groups is 10. The molecule has 442 valence electrons. The van der Waals surface area contributed by atoms with Crippen LogP contribution in [0.1, 0.15) is 107 Å². The number of carboxylic acid groups (broad SMARTS) is 1. The fraction of sp³-hybridized carbons (Fsp3) is 0.571. The van der Waals surface area contributed by atoms with E-state index in [2.05, 4.69) is 52.8 Å². The number of amides is 9. The van der Waals surface area contributed by atoms with E-state index in [4.69, 9.17) is 5.73 Å². The van der Waals surface area contributed by atoms with E-state index in [9.17, 15) is 58.2 Å². The molecule has 14 N–H and O–H groups in total. The summed E-state index contributed by atoms with van der Waals surface area (Å²) in [4.78, 5) is 138. The number of phenolic OH excluding ortho intramolecular Hbond substituents is 1. The predicted molar refractivity (Wildman–Crippen MR) is 305 cm³/mol. The van der Waals surface area contributed by atoms with E-state index >= 15 is 0 Å². The third-order valence-corrected chi connectivity index (χ3v) is 14.2. The molecule has 0 aliphatic rings. The number of nitrogens with one attached hydrogen (secondary N) is 10. The number of carbonyl (C=O) groups excluding carboxylic acids is 9. The number of H-pyrrole nitrogens is 1. The normalized spacial score (nSPS) is 15.6. The Hall–Kier alpha value is -7.21. The summed E-state index contributed by atoms with van der Waals surface area (Å²) in [7, 11) is 0. The summed E-state index contributed by atoms with van der Waals surface area (Å²) in [5, 5.41) is 44.0. The maximum atomic E-state index is 13.9. The first kappa shape index (κ1) is 67.1. The molecule has 1 aromatic heterocycles. The average Bonchev–Trinajstić information content (AvgIpc) is 3.81. The van der Waals surface area contributed by atoms with Gasteiger partial charge in [-0.15, -0.1) is 0 Å². The van der Waals surface area contributed by atoms with Gasteiger partial charge in [0.05, 0.1) is 6.04 Å². The van der Waals surface area contributed by atoms with E-state index in [1.165, 1.54) is 56.8 Å². The summed E-state index contributed by atoms with van der Waals surface area (Å²) in [5.74, 6) is -8.77. The average molecular weight is 1140 g/mol. The fourth-order valence-electron chi connectivity index (χ4n) is 8.44. The molecule has 0 bridgehead atoms. The minimum atomic E-state index is -1.36. The third-order valence-electron chi connectivity index (χ3n) is 13.6. The molecule has 1 heterocycles. The number of aliphatic carboxylic acids is 1. The zero-order valence-corrected chi connectivity index (χ0v) is 48.8. The van der Waals surface area contributed by atoms with Crippen molar-refractivity contribution in [2.24, 2.45) is 29.4 Å². The van der Waals surface area contributed by atoms with Crippen molar-refractivity contribution < 1.29 is 58.2 Å². The van der Waals surface area contributed by atoms with Gasteiger partial charge in [0.15, 0.2) is 0 Å². The monoisotopic (exact) mass is 1140 g/mol. The summed E-state index contributed by atoms with van der Waals surface area (Å²) >= 11 is 1.39. The second-order valence-electron chi connectivity index (χ2n) is 21.5. The first-order valence-corrected chi connectivity index (χ1v) is 28.5. The topological polar surface area (TPSA) is 361 Å². The van der Waals surface area contributed by atoms with Gasteiger partial charge in [-0.2, -0.15) is 11.8 Å². The van der Waals surface area contributed by atoms with Gasteiger partial charge in [0, 0.05) is 23.5 Å². The number of hydrogen-bond acceptors (Lipinski definition) is 13. The number of hydrogen-bond donors (Lipinski definition) is 13. The van der Waals surface area contributed by atoms with Gasteiger partial charge in [-0.1, -0.05) is 92.1 Å². The molecule has 23 nitrogen and oxygen atoms in total. The molecule has 0 fully saturated rings. The van der Waals surface area contributed by atoms with Crippen LogP contribution in [0.15, 0.2) is 54.7 Å². The number of thioether (sulfide) groups is 1. The minimum Gasteiger partial charge on any atom is -0.508 e. The second kappa shape index (κ2) is 32.1. The largest absolute Gasteiger partial charge is 0.508 e. The molecule has 0 saturated carbocycles. The number of aromatic amines is 1. The number of aromatic nitrogens is 1. The van der Waals surface area contributed by atoms with Crippen LogP contribution in [0, 0.1) is 23.7 Å². The van der Waals surface area contributed by atoms with E-state index in [0.29, 0.717) is 17.7 Å². The first-order chi connectivity index (χ1) is 37.6. The lowest BCUT2D eigenvalue weighted by Crippen LogP contribution is -2.61. The lowest BCUT2D eigenvalue weighted by Gasteiger charge is -2.30. The quantitative estimate of drug-likeness (QED) is 0.0423. The van der Waals surface area contributed by atoms with Crippen LogP contribution < -0.4 is 53.6 Å². The van der Waals surface area contributed by atoms with E-state index in [1.54, 1.807) is 47.1 Å². The van der Waals surface area contributed by atoms with Crippen LogP contribution in [-0.4, -0.2) is 147 Å². The van der Waals surface area contributed by atoms with Gasteiger partial charge >= 0.3 is 5.97 Å². The minimum absolute atomic E-state index is 0.0151. The Morgan fingerprint density at radius 3 is 1.54 bits per heavy atom. The lowest BCUT2D eigenvalue weighted by molar-refractivity contribution is -0.142. The Morgan fingerprint density at radius 2 is 1.01 bits per heavy atom. The molecule has 0 unspecified atom stereocenters. The molecule has 0 saturated heterocycles. The highest BCUT2D eigenvalue weighted by Gasteiger charge is 2.36. The number of rotatable bonds is 32. The van der Waals surface area contributed by atoms with Gasteiger partial charge in [-0.3, -0.25) is 43.2 Å². The zero-order valence-electron chi connectivity index (χ0n) is 48.0. The number of fused-ring (bicyclic) bond motifs is 1. The Kier molecular flexibility index (Phi) is 26.9. The highest BCUT2D eigenvalue weighted by Crippen LogP contribution is 2.20. The lowest BCUT2D eigenvalue weighted by atomic mass is 9.96. The molecule has 0 aliphatic heterocycles. The predicted octanol–water partition coefficient (Wildman–Crippen LogP) is 1.65. The van der Waals surface area contributed by atoms with Gasteiger partial charge < -0.3 is 68.8 Å². The molecule has 9 amide bonds. The van der Waals surface area contributed by atoms with Crippen LogP contribution in [-0.2, 0) is 60.8 Å². The molecular weight excluding hydrogens is 1050 g/mol. The molecule has 0 radical (unpaired) electrons. The maximum absolute atomic E-state index is 13.9. The van der Waals surface area contributed by atoms with Crippen molar-refractivity contribution in [1.29, 1.82) is 0 Å². The first-order valence-electron chi connectivity index (χ1n) is 27.1. The molecule has 0 aliphatic carbocycles. The standard InChI is InChI=1S/C56H85N11O12S/c1-13-31(8)46(67-50(72)39(57)26-36-27-58-40-17-15-14-16-38(36)40)55(77)63-42(24-28(2)3)52(74)60-34(11)49(71)65-45(30(6)7)54(76)66-44(29(4)5)53(75)61-33(10)47(69)62-41(22-23-80-12)51(73)59-32(9)48(70)64-43(56(78)79)25-35-18-20-37(68)21-19-35/h14-21,27-34,39,41-46,58,68H,13,22-26,57H2,1-12H3,(H,59,73)(H,60,74)(H,61,75)(H,62,69)(H,63,77)(H,64,70)(H,65,71)(H,66,76)(H,67,72)(H,78,79)/t31-,32-,33-,34-,39-,41-,42-,43-,44-,45-,46-/m0/s1. The highest BCUT2D eigenvalue weighted by molar-refractivity contribution is 7.98. The van der Waals surface area contributed by atoms with Crippen LogP contribution in [0.2, 0.25) is 0 Å². The van der Waals surface area contributed by atoms with Gasteiger partial charge in [-0.05, 0) is 105 Å². The van der Waals surface area contributed by atoms with E-state index in [-0.39, 0.29) is 43.3 Å². The molecule has 3 rings (SSSR count). The van der Waals surface area contributed by atoms with Crippen LogP contribution in [0.25, 0.3) is 10.9 Å². The molecule has 0 spiro atoms. The van der Waals surface area contributed by atoms with E-state index in [1.807, 2.05) is 45.0 Å². The number of aromatic hydroxyl groups is 1. The van der Waals surface area contributed by atoms with E-state index in [0.717, 1.165) is 16.5 Å². The van der Waals surface area contributed by atoms with Crippen LogP contribution in [0.5, 0.6) is 5.75 Å². The van der Waals surface area contributed by atoms with Crippen LogP contribution in [0.3, 0.4) is 0 Å². The van der Waals surface area contributed by atoms with Crippen molar-refractivity contribution in [2.75, 3.05) is 12.0 Å². The number of carboxylic acids is 1. The number of benzene rings is 2. The molecule has 24 heteroatoms. The SMILES string of the molecule is CC[C@H](C)[C@H](NC(=O)[C@@H](N)Cc1c[nH]c2ccccc12)C(=O)N[C@@H](CC(C)C)C(=O)N[C@@H](C)C(=O)N[C@H](C(=O)N[C@H](C(=O)N[C@@H](C)C(=O)N[C@@H](CCSC)C(=O)N[C@@H](C)C(=O)N[C@@H](Cc1ccc(O)cc1)C(=O)O)C(C)C)C(C)C. The Morgan fingerprint density at radius 1 is 0.550 bits per heavy atom. The Bertz CT molecular complexity index is 2610. The number of para-hydroxylation sites is 1. The zero-order chi connectivity index (χ0) is 60.1. The van der Waals surface area contributed by atoms with Crippen LogP contribution in [0.4, 0.5) is 0 Å². The summed E-state index contributed by atoms with van der Waals surface area (Å²) in [5.41, 5.74) is 8.64. The number of phenols is 1. The molecular formula is C56H85N11O12S. The van der Waals surface area contributed by atoms with Gasteiger partial charge in [0.2, 0.25) is 53.2 Å². The van der Waals surface area contributed by atoms with Gasteiger partial charge in [0.1, 0.15) is 60.1 Å². The summed E-state index contributed by atoms with van der Waals surface area (Å²) in [6.45, 7) is 18.2.